The van der Waals surface area contributed by atoms with Crippen LogP contribution in [0.2, 0.25) is 0 Å². The van der Waals surface area contributed by atoms with Crippen molar-refractivity contribution >= 4 is 34.1 Å². The molecule has 0 radical (unpaired) electrons. The lowest BCUT2D eigenvalue weighted by Gasteiger charge is -2.50. The van der Waals surface area contributed by atoms with E-state index in [4.69, 9.17) is 37.7 Å². The molecule has 4 rings (SSSR count). The molecule has 4 aliphatic heterocycles. The average Bonchev–Trinajstić information content (AvgIpc) is 3.20. The molecule has 4 saturated heterocycles. The number of hydrogen-bond donors (Lipinski definition) is 16. The highest BCUT2D eigenvalue weighted by Crippen LogP contribution is 2.36. The molecular weight excluding hydrogens is 902 g/mol. The lowest BCUT2D eigenvalue weighted by Crippen LogP contribution is -2.71. The van der Waals surface area contributed by atoms with Crippen molar-refractivity contribution in [3.05, 3.63) is 0 Å². The maximum Gasteiger partial charge on any atom is 0.397 e. The van der Waals surface area contributed by atoms with Crippen LogP contribution in [0.25, 0.3) is 0 Å². The van der Waals surface area contributed by atoms with Crippen molar-refractivity contribution in [3.63, 3.8) is 0 Å². The molecule has 0 aromatic rings. The van der Waals surface area contributed by atoms with E-state index < -0.39 is 195 Å². The van der Waals surface area contributed by atoms with Crippen LogP contribution >= 0.6 is 0 Å². The van der Waals surface area contributed by atoms with Crippen molar-refractivity contribution in [1.82, 2.24) is 16.0 Å². The Hall–Kier alpha value is -2.97. The molecule has 0 aromatic heterocycles. The Morgan fingerprint density at radius 1 is 0.703 bits per heavy atom. The number of aliphatic carboxylic acids is 1. The molecule has 370 valence electrons. The van der Waals surface area contributed by atoms with E-state index in [1.807, 2.05) is 0 Å². The Labute approximate surface area is 362 Å². The standard InChI is InChI=1S/C33H55N3O27S/c1-9(39)34-17-12(42)4-33(32(51)52,63-28(17)20(44)13(43)5-37)56-7-15-22(46)27(19(29(50)58-15)36-11(3)41)62-30-18(35-10(2)40)23(47)26(14(6-38)59-30)61-31-25(49)24(48)21(45)16(60-31)8-57-64(53,54)55/h12-31,37-38,42-50H,4-8H2,1-3H3,(H,34,39)(H,35,40)(H,36,41)(H,51,52)(H,53,54,55)/t12-,13+,14+,15+,16+,17+,18+,19+,20+,21-,22-,23+,24-,25+,26+,27+,28+,29-,30-,31-,33+/m0/s1. The summed E-state index contributed by atoms with van der Waals surface area (Å²) < 4.78 is 74.7. The molecule has 0 aliphatic carbocycles. The second kappa shape index (κ2) is 22.2. The number of carbonyl (C=O) groups excluding carboxylic acids is 3. The SMILES string of the molecule is CC(=O)N[C@@H]1[C@@H](O[C@@H]2O[C@H](CO)[C@@H](O[C@@H]3O[C@H](COS(=O)(=O)O)[C@H](O)[C@H](O)[C@H]3O)[C@H](O)[C@H]2NC(C)=O)[C@@H](O)[C@@H](CO[C@]2(C(=O)O)C[C@H](O)[C@@H](NC(C)=O)[C@H]([C@H](O)[C@H](O)CO)O2)O[C@@H]1O. The number of hydrogen-bond acceptors (Lipinski definition) is 25. The number of ether oxygens (including phenoxy) is 7. The Morgan fingerprint density at radius 2 is 1.25 bits per heavy atom. The van der Waals surface area contributed by atoms with Gasteiger partial charge in [0, 0.05) is 27.2 Å². The minimum Gasteiger partial charge on any atom is -0.477 e. The molecule has 4 heterocycles. The fraction of sp³-hybridized carbons (Fsp3) is 0.879. The second-order valence-electron chi connectivity index (χ2n) is 15.3. The summed E-state index contributed by atoms with van der Waals surface area (Å²) in [4.78, 5) is 49.3. The van der Waals surface area contributed by atoms with Gasteiger partial charge in [-0.25, -0.2) is 8.98 Å². The molecule has 30 nitrogen and oxygen atoms in total. The molecule has 31 heteroatoms. The van der Waals surface area contributed by atoms with Gasteiger partial charge in [-0.1, -0.05) is 0 Å². The third-order valence-corrected chi connectivity index (χ3v) is 11.0. The summed E-state index contributed by atoms with van der Waals surface area (Å²) in [6, 6.07) is -5.12. The van der Waals surface area contributed by atoms with Gasteiger partial charge < -0.3 is 110 Å². The third kappa shape index (κ3) is 12.7. The van der Waals surface area contributed by atoms with Crippen LogP contribution in [-0.4, -0.2) is 253 Å². The van der Waals surface area contributed by atoms with Crippen LogP contribution in [0.1, 0.15) is 27.2 Å². The summed E-state index contributed by atoms with van der Waals surface area (Å²) in [5.74, 6) is -7.41. The van der Waals surface area contributed by atoms with Crippen LogP contribution in [0.5, 0.6) is 0 Å². The van der Waals surface area contributed by atoms with E-state index in [1.165, 1.54) is 0 Å². The highest BCUT2D eigenvalue weighted by atomic mass is 32.3. The molecule has 4 fully saturated rings. The van der Waals surface area contributed by atoms with Crippen LogP contribution in [0, 0.1) is 0 Å². The first-order chi connectivity index (χ1) is 29.7. The number of nitrogens with one attached hydrogen (secondary N) is 3. The second-order valence-corrected chi connectivity index (χ2v) is 16.4. The summed E-state index contributed by atoms with van der Waals surface area (Å²) in [6.45, 7) is -1.38. The molecule has 4 aliphatic rings. The first-order valence-corrected chi connectivity index (χ1v) is 20.7. The van der Waals surface area contributed by atoms with Gasteiger partial charge in [0.05, 0.1) is 38.6 Å². The molecule has 0 unspecified atom stereocenters. The zero-order valence-electron chi connectivity index (χ0n) is 34.0. The zero-order valence-corrected chi connectivity index (χ0v) is 34.8. The average molecular weight is 958 g/mol. The van der Waals surface area contributed by atoms with Gasteiger partial charge in [0.2, 0.25) is 17.7 Å². The van der Waals surface area contributed by atoms with Gasteiger partial charge in [-0.3, -0.25) is 18.9 Å². The highest BCUT2D eigenvalue weighted by Gasteiger charge is 2.58. The predicted molar refractivity (Wildman–Crippen MR) is 196 cm³/mol. The van der Waals surface area contributed by atoms with Crippen molar-refractivity contribution in [3.8, 4) is 0 Å². The largest absolute Gasteiger partial charge is 0.477 e. The van der Waals surface area contributed by atoms with Gasteiger partial charge in [-0.05, 0) is 0 Å². The number of carbonyl (C=O) groups is 4. The smallest absolute Gasteiger partial charge is 0.397 e. The van der Waals surface area contributed by atoms with E-state index in [-0.39, 0.29) is 0 Å². The summed E-state index contributed by atoms with van der Waals surface area (Å²) in [7, 11) is -5.10. The van der Waals surface area contributed by atoms with E-state index >= 15 is 0 Å². The maximum absolute atomic E-state index is 12.7. The van der Waals surface area contributed by atoms with Gasteiger partial charge in [0.1, 0.15) is 91.4 Å². The number of aliphatic hydroxyl groups is 11. The van der Waals surface area contributed by atoms with Crippen molar-refractivity contribution in [2.75, 3.05) is 26.4 Å². The first-order valence-electron chi connectivity index (χ1n) is 19.4. The van der Waals surface area contributed by atoms with Crippen molar-refractivity contribution < 1.29 is 131 Å². The molecule has 0 aromatic carbocycles. The number of carboxylic acid groups (broad SMARTS) is 1. The van der Waals surface area contributed by atoms with Gasteiger partial charge in [-0.15, -0.1) is 0 Å². The number of carboxylic acids is 1. The summed E-state index contributed by atoms with van der Waals surface area (Å²) in [5, 5.41) is 134. The number of amides is 3. The molecule has 16 N–H and O–H groups in total. The quantitative estimate of drug-likeness (QED) is 0.0567. The summed E-state index contributed by atoms with van der Waals surface area (Å²) in [5.41, 5.74) is 0. The van der Waals surface area contributed by atoms with Gasteiger partial charge in [-0.2, -0.15) is 8.42 Å². The Bertz CT molecular complexity index is 1720. The topological polar surface area (TPSA) is 475 Å². The molecular formula is C33H55N3O27S. The van der Waals surface area contributed by atoms with Gasteiger partial charge >= 0.3 is 16.4 Å². The van der Waals surface area contributed by atoms with Crippen LogP contribution in [0.4, 0.5) is 0 Å². The molecule has 3 amide bonds. The maximum atomic E-state index is 12.7. The first kappa shape index (κ1) is 53.6. The molecule has 21 atom stereocenters. The van der Waals surface area contributed by atoms with E-state index in [1.54, 1.807) is 0 Å². The fourth-order valence-electron chi connectivity index (χ4n) is 7.48. The normalized spacial score (nSPS) is 41.6. The molecule has 64 heavy (non-hydrogen) atoms. The monoisotopic (exact) mass is 957 g/mol. The molecule has 0 saturated carbocycles. The highest BCUT2D eigenvalue weighted by molar-refractivity contribution is 7.80. The lowest BCUT2D eigenvalue weighted by molar-refractivity contribution is -0.361. The lowest BCUT2D eigenvalue weighted by atomic mass is 9.88. The van der Waals surface area contributed by atoms with Crippen molar-refractivity contribution in [2.24, 2.45) is 0 Å². The van der Waals surface area contributed by atoms with E-state index in [2.05, 4.69) is 20.1 Å². The summed E-state index contributed by atoms with van der Waals surface area (Å²) in [6.07, 6.45) is -34.9. The molecule has 0 bridgehead atoms. The van der Waals surface area contributed by atoms with Gasteiger partial charge in [0.15, 0.2) is 18.9 Å². The summed E-state index contributed by atoms with van der Waals surface area (Å²) >= 11 is 0. The fourth-order valence-corrected chi connectivity index (χ4v) is 7.79. The Morgan fingerprint density at radius 3 is 1.80 bits per heavy atom. The van der Waals surface area contributed by atoms with E-state index in [0.29, 0.717) is 0 Å². The van der Waals surface area contributed by atoms with Crippen LogP contribution in [0.3, 0.4) is 0 Å². The van der Waals surface area contributed by atoms with Crippen LogP contribution in [-0.2, 0) is 66.9 Å². The van der Waals surface area contributed by atoms with E-state index in [0.717, 1.165) is 20.8 Å². The van der Waals surface area contributed by atoms with Crippen molar-refractivity contribution in [2.45, 2.75) is 155 Å². The Balaban J connectivity index is 1.62. The zero-order chi connectivity index (χ0) is 48.2. The Kier molecular flexibility index (Phi) is 18.6. The minimum absolute atomic E-state index is 0.777. The molecule has 0 spiro atoms. The van der Waals surface area contributed by atoms with Crippen LogP contribution < -0.4 is 16.0 Å². The predicted octanol–water partition coefficient (Wildman–Crippen LogP) is -10.3. The number of rotatable bonds is 18. The van der Waals surface area contributed by atoms with E-state index in [9.17, 15) is 88.9 Å². The van der Waals surface area contributed by atoms with Crippen molar-refractivity contribution in [1.29, 1.82) is 0 Å². The van der Waals surface area contributed by atoms with Crippen LogP contribution in [0.15, 0.2) is 0 Å². The van der Waals surface area contributed by atoms with Gasteiger partial charge in [0.25, 0.3) is 5.79 Å². The number of aliphatic hydroxyl groups excluding tert-OH is 11. The minimum atomic E-state index is -5.10. The third-order valence-electron chi connectivity index (χ3n) is 10.6.